The van der Waals surface area contributed by atoms with Crippen LogP contribution in [0, 0.1) is 5.92 Å². The third-order valence-electron chi connectivity index (χ3n) is 3.99. The Morgan fingerprint density at radius 1 is 1.24 bits per heavy atom. The first-order valence-electron chi connectivity index (χ1n) is 8.66. The highest BCUT2D eigenvalue weighted by molar-refractivity contribution is 5.96. The van der Waals surface area contributed by atoms with E-state index in [9.17, 15) is 4.79 Å². The number of benzene rings is 1. The van der Waals surface area contributed by atoms with E-state index in [4.69, 9.17) is 9.47 Å². The number of nitrogens with zero attached hydrogens (tertiary/aromatic N) is 2. The Kier molecular flexibility index (Phi) is 5.66. The maximum absolute atomic E-state index is 12.8. The zero-order valence-corrected chi connectivity index (χ0v) is 14.7. The van der Waals surface area contributed by atoms with E-state index in [1.165, 1.54) is 0 Å². The summed E-state index contributed by atoms with van der Waals surface area (Å²) in [6, 6.07) is 13.5. The number of hydrogen-bond acceptors (Lipinski definition) is 4. The second-order valence-electron chi connectivity index (χ2n) is 6.70. The number of carbonyl (C=O) groups is 1. The molecule has 5 heteroatoms. The number of fused-ring (bicyclic) bond motifs is 1. The molecule has 0 radical (unpaired) electrons. The van der Waals surface area contributed by atoms with Crippen LogP contribution in [-0.2, 0) is 11.3 Å². The second kappa shape index (κ2) is 8.12. The Labute approximate surface area is 148 Å². The van der Waals surface area contributed by atoms with Crippen molar-refractivity contribution >= 4 is 5.91 Å². The molecule has 0 fully saturated rings. The minimum Gasteiger partial charge on any atom is -0.469 e. The Hall–Kier alpha value is -2.40. The van der Waals surface area contributed by atoms with Gasteiger partial charge in [-0.2, -0.15) is 0 Å². The summed E-state index contributed by atoms with van der Waals surface area (Å²) in [4.78, 5) is 18.9. The third kappa shape index (κ3) is 4.57. The first kappa shape index (κ1) is 17.4. The maximum Gasteiger partial charge on any atom is 0.259 e. The normalized spacial score (nSPS) is 17.2. The van der Waals surface area contributed by atoms with Crippen molar-refractivity contribution in [3.63, 3.8) is 0 Å². The summed E-state index contributed by atoms with van der Waals surface area (Å²) in [5.41, 5.74) is 1.64. The van der Waals surface area contributed by atoms with Gasteiger partial charge in [-0.1, -0.05) is 44.2 Å². The molecule has 0 bridgehead atoms. The highest BCUT2D eigenvalue weighted by Gasteiger charge is 2.30. The number of amides is 1. The quantitative estimate of drug-likeness (QED) is 0.810. The topological polar surface area (TPSA) is 51.7 Å². The molecule has 0 N–H and O–H groups in total. The molecule has 1 aliphatic rings. The first-order valence-corrected chi connectivity index (χ1v) is 8.66. The van der Waals surface area contributed by atoms with E-state index in [-0.39, 0.29) is 12.0 Å². The lowest BCUT2D eigenvalue weighted by molar-refractivity contribution is 0.0243. The molecule has 0 spiro atoms. The van der Waals surface area contributed by atoms with Crippen LogP contribution in [0.5, 0.6) is 5.88 Å². The predicted molar refractivity (Wildman–Crippen MR) is 95.5 cm³/mol. The lowest BCUT2D eigenvalue weighted by atomic mass is 10.1. The fourth-order valence-corrected chi connectivity index (χ4v) is 2.91. The maximum atomic E-state index is 12.8. The van der Waals surface area contributed by atoms with Gasteiger partial charge in [-0.25, -0.2) is 4.98 Å². The summed E-state index contributed by atoms with van der Waals surface area (Å²) in [7, 11) is 0. The summed E-state index contributed by atoms with van der Waals surface area (Å²) in [6.07, 6.45) is 1.41. The van der Waals surface area contributed by atoms with Crippen LogP contribution < -0.4 is 4.74 Å². The minimum atomic E-state index is -0.234. The zero-order chi connectivity index (χ0) is 17.6. The van der Waals surface area contributed by atoms with E-state index in [2.05, 4.69) is 18.8 Å². The van der Waals surface area contributed by atoms with Crippen molar-refractivity contribution in [3.8, 4) is 5.88 Å². The second-order valence-corrected chi connectivity index (χ2v) is 6.70. The number of rotatable bonds is 6. The van der Waals surface area contributed by atoms with Crippen molar-refractivity contribution < 1.29 is 14.3 Å². The molecule has 5 nitrogen and oxygen atoms in total. The first-order chi connectivity index (χ1) is 12.1. The molecule has 1 amide bonds. The minimum absolute atomic E-state index is 0.0256. The summed E-state index contributed by atoms with van der Waals surface area (Å²) < 4.78 is 11.8. The van der Waals surface area contributed by atoms with Gasteiger partial charge < -0.3 is 14.4 Å². The molecule has 0 unspecified atom stereocenters. The molecule has 0 aliphatic carbocycles. The number of hydrogen-bond donors (Lipinski definition) is 0. The lowest BCUT2D eigenvalue weighted by Crippen LogP contribution is -2.41. The number of carbonyl (C=O) groups excluding carboxylic acids is 1. The Morgan fingerprint density at radius 3 is 2.80 bits per heavy atom. The van der Waals surface area contributed by atoms with Gasteiger partial charge >= 0.3 is 0 Å². The van der Waals surface area contributed by atoms with Gasteiger partial charge in [-0.3, -0.25) is 4.79 Å². The van der Waals surface area contributed by atoms with Crippen LogP contribution in [0.3, 0.4) is 0 Å². The lowest BCUT2D eigenvalue weighted by Gasteiger charge is -2.25. The van der Waals surface area contributed by atoms with Gasteiger partial charge in [0.2, 0.25) is 5.88 Å². The number of pyridine rings is 1. The Morgan fingerprint density at radius 2 is 2.04 bits per heavy atom. The summed E-state index contributed by atoms with van der Waals surface area (Å²) >= 11 is 0. The van der Waals surface area contributed by atoms with Crippen LogP contribution in [0.1, 0.15) is 29.8 Å². The largest absolute Gasteiger partial charge is 0.469 e. The SMILES string of the molecule is CC(C)CN1C[C@H](COCc2ccccc2)Oc2ncccc2C1=O. The molecule has 0 saturated heterocycles. The molecular weight excluding hydrogens is 316 g/mol. The molecule has 25 heavy (non-hydrogen) atoms. The molecule has 1 atom stereocenters. The summed E-state index contributed by atoms with van der Waals surface area (Å²) in [6.45, 7) is 6.32. The van der Waals surface area contributed by atoms with E-state index >= 15 is 0 Å². The fraction of sp³-hybridized carbons (Fsp3) is 0.400. The van der Waals surface area contributed by atoms with Crippen molar-refractivity contribution in [1.82, 2.24) is 9.88 Å². The van der Waals surface area contributed by atoms with Crippen molar-refractivity contribution in [2.45, 2.75) is 26.6 Å². The van der Waals surface area contributed by atoms with E-state index < -0.39 is 0 Å². The average molecular weight is 340 g/mol. The third-order valence-corrected chi connectivity index (χ3v) is 3.99. The van der Waals surface area contributed by atoms with Gasteiger partial charge in [-0.15, -0.1) is 0 Å². The average Bonchev–Trinajstić information content (AvgIpc) is 2.73. The summed E-state index contributed by atoms with van der Waals surface area (Å²) in [5.74, 6) is 0.752. The van der Waals surface area contributed by atoms with E-state index in [0.717, 1.165) is 5.56 Å². The van der Waals surface area contributed by atoms with Crippen LogP contribution in [-0.4, -0.2) is 41.6 Å². The molecule has 0 saturated carbocycles. The Balaban J connectivity index is 1.69. The summed E-state index contributed by atoms with van der Waals surface area (Å²) in [5, 5.41) is 0. The number of aromatic nitrogens is 1. The van der Waals surface area contributed by atoms with Crippen LogP contribution in [0.4, 0.5) is 0 Å². The zero-order valence-electron chi connectivity index (χ0n) is 14.7. The molecule has 2 heterocycles. The predicted octanol–water partition coefficient (Wildman–Crippen LogP) is 3.16. The molecule has 1 aromatic heterocycles. The van der Waals surface area contributed by atoms with Gasteiger partial charge in [0.15, 0.2) is 0 Å². The molecular formula is C20H24N2O3. The molecule has 3 rings (SSSR count). The van der Waals surface area contributed by atoms with Gasteiger partial charge in [0.1, 0.15) is 11.7 Å². The Bertz CT molecular complexity index is 703. The smallest absolute Gasteiger partial charge is 0.259 e. The highest BCUT2D eigenvalue weighted by atomic mass is 16.5. The van der Waals surface area contributed by atoms with Gasteiger partial charge in [0.25, 0.3) is 5.91 Å². The number of ether oxygens (including phenoxy) is 2. The van der Waals surface area contributed by atoms with Crippen LogP contribution in [0.15, 0.2) is 48.7 Å². The van der Waals surface area contributed by atoms with Crippen molar-refractivity contribution in [3.05, 3.63) is 59.8 Å². The van der Waals surface area contributed by atoms with Crippen LogP contribution >= 0.6 is 0 Å². The molecule has 1 aliphatic heterocycles. The van der Waals surface area contributed by atoms with Gasteiger partial charge in [-0.05, 0) is 23.6 Å². The highest BCUT2D eigenvalue weighted by Crippen LogP contribution is 2.23. The monoisotopic (exact) mass is 340 g/mol. The molecule has 132 valence electrons. The van der Waals surface area contributed by atoms with Gasteiger partial charge in [0, 0.05) is 12.7 Å². The van der Waals surface area contributed by atoms with Crippen LogP contribution in [0.25, 0.3) is 0 Å². The van der Waals surface area contributed by atoms with Gasteiger partial charge in [0.05, 0.1) is 19.8 Å². The van der Waals surface area contributed by atoms with E-state index in [1.54, 1.807) is 18.3 Å². The van der Waals surface area contributed by atoms with E-state index in [1.807, 2.05) is 35.2 Å². The fourth-order valence-electron chi connectivity index (χ4n) is 2.91. The van der Waals surface area contributed by atoms with Crippen molar-refractivity contribution in [2.75, 3.05) is 19.7 Å². The standard InChI is InChI=1S/C20H24N2O3/c1-15(2)11-22-12-17(14-24-13-16-7-4-3-5-8-16)25-19-18(20(22)23)9-6-10-21-19/h3-10,15,17H,11-14H2,1-2H3/t17-/m1/s1. The molecule has 1 aromatic carbocycles. The van der Waals surface area contributed by atoms with Crippen molar-refractivity contribution in [1.29, 1.82) is 0 Å². The molecule has 2 aromatic rings. The van der Waals surface area contributed by atoms with E-state index in [0.29, 0.717) is 43.7 Å². The van der Waals surface area contributed by atoms with Crippen LogP contribution in [0.2, 0.25) is 0 Å². The van der Waals surface area contributed by atoms with Crippen molar-refractivity contribution in [2.24, 2.45) is 5.92 Å².